The summed E-state index contributed by atoms with van der Waals surface area (Å²) in [7, 11) is 3.18. The van der Waals surface area contributed by atoms with E-state index in [1.807, 2.05) is 78.9 Å². The number of ether oxygens (including phenoxy) is 3. The lowest BCUT2D eigenvalue weighted by atomic mass is 10.1. The SMILES string of the molecule is COc1cc2nccc(Oc3ccc4ccc(NC(=O)c5cc6ccccc6o5)cc4c3)c2cc1OC. The summed E-state index contributed by atoms with van der Waals surface area (Å²) >= 11 is 0. The number of benzene rings is 4. The van der Waals surface area contributed by atoms with E-state index < -0.39 is 0 Å². The molecular weight excluding hydrogens is 468 g/mol. The maximum atomic E-state index is 12.8. The van der Waals surface area contributed by atoms with E-state index in [9.17, 15) is 4.79 Å². The zero-order chi connectivity index (χ0) is 25.4. The molecule has 0 spiro atoms. The van der Waals surface area contributed by atoms with Gasteiger partial charge in [0.2, 0.25) is 0 Å². The standard InChI is InChI=1S/C30H22N2O5/c1-34-27-16-23-24(17-28(27)35-2)31-12-11-26(23)36-22-10-8-18-7-9-21(13-20(18)14-22)32-30(33)29-15-19-5-3-4-6-25(19)37-29/h3-17H,1-2H3,(H,32,33). The van der Waals surface area contributed by atoms with Crippen LogP contribution in [0, 0.1) is 0 Å². The average molecular weight is 491 g/mol. The van der Waals surface area contributed by atoms with Gasteiger partial charge in [-0.05, 0) is 59.3 Å². The summed E-state index contributed by atoms with van der Waals surface area (Å²) in [5.41, 5.74) is 2.06. The van der Waals surface area contributed by atoms with Gasteiger partial charge in [0.1, 0.15) is 17.1 Å². The number of amides is 1. The van der Waals surface area contributed by atoms with Crippen molar-refractivity contribution < 1.29 is 23.4 Å². The van der Waals surface area contributed by atoms with Crippen molar-refractivity contribution in [3.63, 3.8) is 0 Å². The number of pyridine rings is 1. The number of nitrogens with zero attached hydrogens (tertiary/aromatic N) is 1. The van der Waals surface area contributed by atoms with Crippen LogP contribution in [0.3, 0.4) is 0 Å². The molecule has 0 saturated heterocycles. The molecule has 0 radical (unpaired) electrons. The Kier molecular flexibility index (Phi) is 5.58. The highest BCUT2D eigenvalue weighted by Crippen LogP contribution is 2.37. The molecule has 0 bridgehead atoms. The fourth-order valence-electron chi connectivity index (χ4n) is 4.32. The second kappa shape index (κ2) is 9.20. The van der Waals surface area contributed by atoms with Gasteiger partial charge >= 0.3 is 0 Å². The minimum atomic E-state index is -0.310. The van der Waals surface area contributed by atoms with Gasteiger partial charge in [-0.3, -0.25) is 9.78 Å². The van der Waals surface area contributed by atoms with E-state index >= 15 is 0 Å². The highest BCUT2D eigenvalue weighted by molar-refractivity contribution is 6.05. The Bertz CT molecular complexity index is 1760. The average Bonchev–Trinajstić information content (AvgIpc) is 3.37. The number of rotatable bonds is 6. The molecule has 0 fully saturated rings. The molecule has 182 valence electrons. The third-order valence-corrected chi connectivity index (χ3v) is 6.15. The summed E-state index contributed by atoms with van der Waals surface area (Å²) in [4.78, 5) is 17.2. The van der Waals surface area contributed by atoms with Gasteiger partial charge in [-0.2, -0.15) is 0 Å². The van der Waals surface area contributed by atoms with Crippen molar-refractivity contribution in [2.75, 3.05) is 19.5 Å². The van der Waals surface area contributed by atoms with Gasteiger partial charge in [-0.15, -0.1) is 0 Å². The fraction of sp³-hybridized carbons (Fsp3) is 0.0667. The normalized spacial score (nSPS) is 11.1. The first-order valence-electron chi connectivity index (χ1n) is 11.6. The molecule has 0 aliphatic carbocycles. The summed E-state index contributed by atoms with van der Waals surface area (Å²) in [6.07, 6.45) is 1.69. The Balaban J connectivity index is 1.29. The smallest absolute Gasteiger partial charge is 0.291 e. The van der Waals surface area contributed by atoms with Crippen molar-refractivity contribution in [2.24, 2.45) is 0 Å². The number of aromatic nitrogens is 1. The Morgan fingerprint density at radius 1 is 0.784 bits per heavy atom. The minimum absolute atomic E-state index is 0.259. The van der Waals surface area contributed by atoms with Crippen molar-refractivity contribution >= 4 is 44.2 Å². The first-order chi connectivity index (χ1) is 18.1. The summed E-state index contributed by atoms with van der Waals surface area (Å²) < 4.78 is 22.8. The van der Waals surface area contributed by atoms with E-state index in [0.717, 1.165) is 27.1 Å². The number of nitrogens with one attached hydrogen (secondary N) is 1. The van der Waals surface area contributed by atoms with Gasteiger partial charge < -0.3 is 23.9 Å². The van der Waals surface area contributed by atoms with Crippen LogP contribution in [0.15, 0.2) is 95.5 Å². The second-order valence-corrected chi connectivity index (χ2v) is 8.46. The zero-order valence-electron chi connectivity index (χ0n) is 20.1. The van der Waals surface area contributed by atoms with Gasteiger partial charge in [0, 0.05) is 28.7 Å². The molecule has 2 heterocycles. The van der Waals surface area contributed by atoms with Crippen LogP contribution in [0.2, 0.25) is 0 Å². The van der Waals surface area contributed by atoms with E-state index in [2.05, 4.69) is 10.3 Å². The topological polar surface area (TPSA) is 82.8 Å². The lowest BCUT2D eigenvalue weighted by Crippen LogP contribution is -2.10. The molecule has 0 unspecified atom stereocenters. The van der Waals surface area contributed by atoms with E-state index in [1.165, 1.54) is 0 Å². The van der Waals surface area contributed by atoms with Gasteiger partial charge in [-0.25, -0.2) is 0 Å². The molecule has 1 amide bonds. The number of para-hydroxylation sites is 1. The Morgan fingerprint density at radius 2 is 1.59 bits per heavy atom. The van der Waals surface area contributed by atoms with Gasteiger partial charge in [0.05, 0.1) is 19.7 Å². The number of fused-ring (bicyclic) bond motifs is 3. The van der Waals surface area contributed by atoms with E-state index in [1.54, 1.807) is 26.5 Å². The minimum Gasteiger partial charge on any atom is -0.493 e. The van der Waals surface area contributed by atoms with Crippen molar-refractivity contribution in [1.82, 2.24) is 4.98 Å². The van der Waals surface area contributed by atoms with Crippen LogP contribution in [0.1, 0.15) is 10.6 Å². The van der Waals surface area contributed by atoms with E-state index in [0.29, 0.717) is 34.3 Å². The van der Waals surface area contributed by atoms with Crippen molar-refractivity contribution in [3.8, 4) is 23.0 Å². The van der Waals surface area contributed by atoms with Crippen LogP contribution in [-0.2, 0) is 0 Å². The predicted octanol–water partition coefficient (Wildman–Crippen LogP) is 7.20. The molecular formula is C30H22N2O5. The van der Waals surface area contributed by atoms with E-state index in [-0.39, 0.29) is 11.7 Å². The number of carbonyl (C=O) groups excluding carboxylic acids is 1. The third-order valence-electron chi connectivity index (χ3n) is 6.15. The molecule has 1 N–H and O–H groups in total. The third kappa shape index (κ3) is 4.27. The number of hydrogen-bond donors (Lipinski definition) is 1. The second-order valence-electron chi connectivity index (χ2n) is 8.46. The van der Waals surface area contributed by atoms with Gasteiger partial charge in [0.15, 0.2) is 17.3 Å². The highest BCUT2D eigenvalue weighted by atomic mass is 16.5. The van der Waals surface area contributed by atoms with Crippen molar-refractivity contribution in [2.45, 2.75) is 0 Å². The number of furan rings is 1. The summed E-state index contributed by atoms with van der Waals surface area (Å²) in [6.45, 7) is 0. The lowest BCUT2D eigenvalue weighted by Gasteiger charge is -2.13. The predicted molar refractivity (Wildman–Crippen MR) is 143 cm³/mol. The van der Waals surface area contributed by atoms with Crippen LogP contribution in [-0.4, -0.2) is 25.1 Å². The van der Waals surface area contributed by atoms with Crippen molar-refractivity contribution in [1.29, 1.82) is 0 Å². The molecule has 7 heteroatoms. The van der Waals surface area contributed by atoms with Crippen LogP contribution >= 0.6 is 0 Å². The molecule has 4 aromatic carbocycles. The first-order valence-corrected chi connectivity index (χ1v) is 11.6. The molecule has 0 atom stereocenters. The van der Waals surface area contributed by atoms with Crippen LogP contribution in [0.4, 0.5) is 5.69 Å². The summed E-state index contributed by atoms with van der Waals surface area (Å²) in [6, 6.07) is 26.3. The Morgan fingerprint density at radius 3 is 2.43 bits per heavy atom. The lowest BCUT2D eigenvalue weighted by molar-refractivity contribution is 0.0998. The molecule has 37 heavy (non-hydrogen) atoms. The molecule has 0 aliphatic rings. The quantitative estimate of drug-likeness (QED) is 0.266. The number of methoxy groups -OCH3 is 2. The molecule has 7 nitrogen and oxygen atoms in total. The van der Waals surface area contributed by atoms with Crippen LogP contribution in [0.5, 0.6) is 23.0 Å². The molecule has 0 saturated carbocycles. The Hall–Kier alpha value is -5.04. The van der Waals surface area contributed by atoms with Crippen LogP contribution in [0.25, 0.3) is 32.6 Å². The maximum Gasteiger partial charge on any atom is 0.291 e. The Labute approximate surface area is 212 Å². The van der Waals surface area contributed by atoms with Gasteiger partial charge in [-0.1, -0.05) is 30.3 Å². The fourth-order valence-corrected chi connectivity index (χ4v) is 4.32. The molecule has 6 aromatic rings. The highest BCUT2D eigenvalue weighted by Gasteiger charge is 2.14. The number of hydrogen-bond acceptors (Lipinski definition) is 6. The monoisotopic (exact) mass is 490 g/mol. The zero-order valence-corrected chi connectivity index (χ0v) is 20.1. The largest absolute Gasteiger partial charge is 0.493 e. The van der Waals surface area contributed by atoms with Crippen molar-refractivity contribution in [3.05, 3.63) is 96.9 Å². The molecule has 6 rings (SSSR count). The van der Waals surface area contributed by atoms with E-state index in [4.69, 9.17) is 18.6 Å². The molecule has 2 aromatic heterocycles. The maximum absolute atomic E-state index is 12.8. The number of anilines is 1. The summed E-state index contributed by atoms with van der Waals surface area (Å²) in [5, 5.41) is 6.53. The number of carbonyl (C=O) groups is 1. The van der Waals surface area contributed by atoms with Gasteiger partial charge in [0.25, 0.3) is 5.91 Å². The molecule has 0 aliphatic heterocycles. The first kappa shape index (κ1) is 22.4. The summed E-state index contributed by atoms with van der Waals surface area (Å²) in [5.74, 6) is 2.43. The van der Waals surface area contributed by atoms with Crippen LogP contribution < -0.4 is 19.5 Å².